The van der Waals surface area contributed by atoms with E-state index in [9.17, 15) is 14.0 Å². The van der Waals surface area contributed by atoms with Gasteiger partial charge in [0.15, 0.2) is 0 Å². The molecule has 1 atom stereocenters. The fourth-order valence-electron chi connectivity index (χ4n) is 2.31. The van der Waals surface area contributed by atoms with Crippen molar-refractivity contribution in [2.24, 2.45) is 5.10 Å². The second kappa shape index (κ2) is 6.49. The van der Waals surface area contributed by atoms with Gasteiger partial charge in [0.05, 0.1) is 5.56 Å². The molecular formula is C17H14FN3O3. The molecule has 1 unspecified atom stereocenters. The van der Waals surface area contributed by atoms with Crippen molar-refractivity contribution in [1.29, 1.82) is 0 Å². The highest BCUT2D eigenvalue weighted by molar-refractivity contribution is 6.07. The van der Waals surface area contributed by atoms with Gasteiger partial charge in [-0.15, -0.1) is 0 Å². The Hall–Kier alpha value is -3.22. The van der Waals surface area contributed by atoms with Crippen LogP contribution >= 0.6 is 0 Å². The lowest BCUT2D eigenvalue weighted by atomic mass is 10.1. The highest BCUT2D eigenvalue weighted by Gasteiger charge is 2.22. The van der Waals surface area contributed by atoms with Crippen LogP contribution in [0.5, 0.6) is 0 Å². The molecule has 0 saturated carbocycles. The number of amides is 2. The molecule has 6 nitrogen and oxygen atoms in total. The molecule has 1 aliphatic rings. The molecule has 2 amide bonds. The lowest BCUT2D eigenvalue weighted by Crippen LogP contribution is -2.37. The lowest BCUT2D eigenvalue weighted by molar-refractivity contribution is 0.102. The Bertz CT molecular complexity index is 818. The number of halogens is 1. The van der Waals surface area contributed by atoms with Gasteiger partial charge in [0.25, 0.3) is 5.91 Å². The maximum Gasteiger partial charge on any atom is 0.428 e. The van der Waals surface area contributed by atoms with Crippen LogP contribution in [0.4, 0.5) is 14.9 Å². The average molecular weight is 327 g/mol. The van der Waals surface area contributed by atoms with Crippen LogP contribution in [-0.2, 0) is 4.74 Å². The number of hydrazone groups is 1. The van der Waals surface area contributed by atoms with Crippen molar-refractivity contribution in [2.75, 3.05) is 5.32 Å². The first-order chi connectivity index (χ1) is 11.5. The Morgan fingerprint density at radius 1 is 1.21 bits per heavy atom. The summed E-state index contributed by atoms with van der Waals surface area (Å²) in [5, 5.41) is 6.59. The zero-order valence-electron chi connectivity index (χ0n) is 12.7. The van der Waals surface area contributed by atoms with Crippen LogP contribution in [-0.4, -0.2) is 23.8 Å². The van der Waals surface area contributed by atoms with Crippen LogP contribution in [0.1, 0.15) is 22.8 Å². The molecule has 24 heavy (non-hydrogen) atoms. The van der Waals surface area contributed by atoms with Gasteiger partial charge in [-0.1, -0.05) is 24.3 Å². The Morgan fingerprint density at radius 2 is 1.92 bits per heavy atom. The van der Waals surface area contributed by atoms with E-state index in [1.807, 2.05) is 0 Å². The third kappa shape index (κ3) is 3.24. The van der Waals surface area contributed by atoms with Crippen LogP contribution in [0, 0.1) is 5.82 Å². The number of rotatable bonds is 3. The number of cyclic esters (lactones) is 1. The third-order valence-corrected chi connectivity index (χ3v) is 3.49. The first-order valence-corrected chi connectivity index (χ1v) is 7.25. The molecule has 122 valence electrons. The van der Waals surface area contributed by atoms with E-state index in [-0.39, 0.29) is 5.56 Å². The quantitative estimate of drug-likeness (QED) is 0.909. The molecule has 0 radical (unpaired) electrons. The molecule has 2 N–H and O–H groups in total. The third-order valence-electron chi connectivity index (χ3n) is 3.49. The smallest absolute Gasteiger partial charge is 0.428 e. The van der Waals surface area contributed by atoms with E-state index >= 15 is 0 Å². The van der Waals surface area contributed by atoms with Crippen LogP contribution < -0.4 is 10.7 Å². The second-order valence-electron chi connectivity index (χ2n) is 5.17. The van der Waals surface area contributed by atoms with Gasteiger partial charge in [-0.05, 0) is 31.2 Å². The van der Waals surface area contributed by atoms with Gasteiger partial charge in [-0.3, -0.25) is 4.79 Å². The van der Waals surface area contributed by atoms with Crippen LogP contribution in [0.2, 0.25) is 0 Å². The van der Waals surface area contributed by atoms with Gasteiger partial charge in [0.2, 0.25) is 0 Å². The standard InChI is InChI=1S/C17H14FN3O3/c1-10-15(20-21-17(23)24-10)11-6-8-12(9-7-11)19-16(22)13-4-2-3-5-14(13)18/h2-10H,1H3,(H,19,22)(H,21,23). The summed E-state index contributed by atoms with van der Waals surface area (Å²) in [4.78, 5) is 23.1. The summed E-state index contributed by atoms with van der Waals surface area (Å²) in [5.41, 5.74) is 4.05. The number of nitrogens with one attached hydrogen (secondary N) is 2. The van der Waals surface area contributed by atoms with Gasteiger partial charge in [0, 0.05) is 11.3 Å². The van der Waals surface area contributed by atoms with Crippen LogP contribution in [0.3, 0.4) is 0 Å². The van der Waals surface area contributed by atoms with Gasteiger partial charge < -0.3 is 10.1 Å². The summed E-state index contributed by atoms with van der Waals surface area (Å²) in [7, 11) is 0. The van der Waals surface area contributed by atoms with E-state index in [1.54, 1.807) is 37.3 Å². The first kappa shape index (κ1) is 15.7. The Balaban J connectivity index is 1.75. The normalized spacial score (nSPS) is 16.7. The summed E-state index contributed by atoms with van der Waals surface area (Å²) >= 11 is 0. The molecule has 0 bridgehead atoms. The van der Waals surface area contributed by atoms with E-state index in [4.69, 9.17) is 4.74 Å². The number of carbonyl (C=O) groups is 2. The molecule has 0 saturated heterocycles. The molecule has 7 heteroatoms. The molecule has 2 aromatic carbocycles. The maximum atomic E-state index is 13.6. The van der Waals surface area contributed by atoms with E-state index in [0.717, 1.165) is 5.56 Å². The minimum atomic E-state index is -0.597. The number of carbonyl (C=O) groups excluding carboxylic acids is 2. The summed E-state index contributed by atoms with van der Waals surface area (Å²) in [6.45, 7) is 1.71. The van der Waals surface area contributed by atoms with Gasteiger partial charge >= 0.3 is 6.09 Å². The van der Waals surface area contributed by atoms with Crippen LogP contribution in [0.25, 0.3) is 0 Å². The van der Waals surface area contributed by atoms with Crippen molar-refractivity contribution in [3.63, 3.8) is 0 Å². The minimum Gasteiger partial charge on any atom is -0.439 e. The lowest BCUT2D eigenvalue weighted by Gasteiger charge is -2.20. The van der Waals surface area contributed by atoms with E-state index < -0.39 is 23.9 Å². The monoisotopic (exact) mass is 327 g/mol. The number of hydrogen-bond acceptors (Lipinski definition) is 4. The second-order valence-corrected chi connectivity index (χ2v) is 5.17. The largest absolute Gasteiger partial charge is 0.439 e. The zero-order valence-corrected chi connectivity index (χ0v) is 12.7. The summed E-state index contributed by atoms with van der Waals surface area (Å²) in [6, 6.07) is 12.6. The number of anilines is 1. The topological polar surface area (TPSA) is 79.8 Å². The molecule has 0 spiro atoms. The summed E-state index contributed by atoms with van der Waals surface area (Å²) in [5.74, 6) is -1.11. The van der Waals surface area contributed by atoms with Gasteiger partial charge in [0.1, 0.15) is 17.6 Å². The molecule has 0 aromatic heterocycles. The van der Waals surface area contributed by atoms with Gasteiger partial charge in [-0.25, -0.2) is 14.6 Å². The average Bonchev–Trinajstić information content (AvgIpc) is 2.56. The summed E-state index contributed by atoms with van der Waals surface area (Å²) < 4.78 is 18.6. The fraction of sp³-hybridized carbons (Fsp3) is 0.118. The maximum absolute atomic E-state index is 13.6. The van der Waals surface area contributed by atoms with E-state index in [0.29, 0.717) is 11.4 Å². The highest BCUT2D eigenvalue weighted by atomic mass is 19.1. The van der Waals surface area contributed by atoms with Crippen molar-refractivity contribution in [1.82, 2.24) is 5.43 Å². The predicted molar refractivity (Wildman–Crippen MR) is 86.4 cm³/mol. The van der Waals surface area contributed by atoms with Crippen molar-refractivity contribution < 1.29 is 18.7 Å². The number of benzene rings is 2. The highest BCUT2D eigenvalue weighted by Crippen LogP contribution is 2.16. The zero-order chi connectivity index (χ0) is 17.1. The SMILES string of the molecule is CC1OC(=O)NN=C1c1ccc(NC(=O)c2ccccc2F)cc1. The number of nitrogens with zero attached hydrogens (tertiary/aromatic N) is 1. The Morgan fingerprint density at radius 3 is 2.58 bits per heavy atom. The summed E-state index contributed by atoms with van der Waals surface area (Å²) in [6.07, 6.45) is -1.07. The predicted octanol–water partition coefficient (Wildman–Crippen LogP) is 2.91. The first-order valence-electron chi connectivity index (χ1n) is 7.25. The number of hydrogen-bond donors (Lipinski definition) is 2. The van der Waals surface area contributed by atoms with Gasteiger partial charge in [-0.2, -0.15) is 5.10 Å². The fourth-order valence-corrected chi connectivity index (χ4v) is 2.31. The van der Waals surface area contributed by atoms with Crippen molar-refractivity contribution in [2.45, 2.75) is 13.0 Å². The molecule has 0 fully saturated rings. The molecule has 1 aliphatic heterocycles. The molecule has 2 aromatic rings. The molecule has 3 rings (SSSR count). The molecule has 1 heterocycles. The van der Waals surface area contributed by atoms with Crippen molar-refractivity contribution >= 4 is 23.4 Å². The van der Waals surface area contributed by atoms with E-state index in [2.05, 4.69) is 15.8 Å². The number of ether oxygens (including phenoxy) is 1. The Labute approximate surface area is 137 Å². The molecule has 0 aliphatic carbocycles. The van der Waals surface area contributed by atoms with E-state index in [1.165, 1.54) is 18.2 Å². The molecular weight excluding hydrogens is 313 g/mol. The van der Waals surface area contributed by atoms with Crippen molar-refractivity contribution in [3.05, 3.63) is 65.5 Å². The Kier molecular flexibility index (Phi) is 4.24. The minimum absolute atomic E-state index is 0.0250. The van der Waals surface area contributed by atoms with Crippen LogP contribution in [0.15, 0.2) is 53.6 Å². The van der Waals surface area contributed by atoms with Crippen molar-refractivity contribution in [3.8, 4) is 0 Å².